The molecule has 21 heavy (non-hydrogen) atoms. The number of nitrogens with zero attached hydrogens (tertiary/aromatic N) is 2. The van der Waals surface area contributed by atoms with Gasteiger partial charge in [-0.25, -0.2) is 13.8 Å². The fraction of sp³-hybridized carbons (Fsp3) is 0.214. The van der Waals surface area contributed by atoms with Crippen LogP contribution in [0.5, 0.6) is 5.88 Å². The summed E-state index contributed by atoms with van der Waals surface area (Å²) in [4.78, 5) is 3.11. The molecule has 0 unspecified atom stereocenters. The van der Waals surface area contributed by atoms with Gasteiger partial charge in [0.05, 0.1) is 5.69 Å². The van der Waals surface area contributed by atoms with Crippen molar-refractivity contribution in [3.63, 3.8) is 0 Å². The van der Waals surface area contributed by atoms with E-state index in [4.69, 9.17) is 4.74 Å². The van der Waals surface area contributed by atoms with Gasteiger partial charge in [-0.3, -0.25) is 0 Å². The Hall–Kier alpha value is -2.28. The molecular weight excluding hydrogens is 283 g/mol. The number of nitrogens with one attached hydrogen (secondary N) is 1. The van der Waals surface area contributed by atoms with Gasteiger partial charge in [0.2, 0.25) is 0 Å². The van der Waals surface area contributed by atoms with Crippen LogP contribution in [0.15, 0.2) is 24.3 Å². The van der Waals surface area contributed by atoms with Crippen LogP contribution in [0.25, 0.3) is 0 Å². The molecule has 2 aromatic rings. The molecule has 1 aromatic carbocycles. The van der Waals surface area contributed by atoms with Crippen molar-refractivity contribution in [3.8, 4) is 5.88 Å². The van der Waals surface area contributed by atoms with Gasteiger partial charge in [0.25, 0.3) is 11.8 Å². The van der Waals surface area contributed by atoms with E-state index >= 15 is 0 Å². The van der Waals surface area contributed by atoms with E-state index in [1.165, 1.54) is 0 Å². The Bertz CT molecular complexity index is 693. The smallest absolute Gasteiger partial charge is 0.253 e. The summed E-state index contributed by atoms with van der Waals surface area (Å²) in [6.07, 6.45) is 0. The maximum Gasteiger partial charge on any atom is 0.253 e. The zero-order valence-corrected chi connectivity index (χ0v) is 11.2. The minimum atomic E-state index is -1.39. The lowest BCUT2D eigenvalue weighted by Gasteiger charge is -2.09. The average Bonchev–Trinajstić information content (AvgIpc) is 2.80. The molecular formula is C14H12F3N3O. The number of ether oxygens (including phenoxy) is 1. The lowest BCUT2D eigenvalue weighted by Crippen LogP contribution is -2.16. The third kappa shape index (κ3) is 2.78. The minimum absolute atomic E-state index is 0.00761. The highest BCUT2D eigenvalue weighted by atomic mass is 19.2. The van der Waals surface area contributed by atoms with Gasteiger partial charge < -0.3 is 10.2 Å². The number of rotatable bonds is 3. The van der Waals surface area contributed by atoms with E-state index in [0.717, 1.165) is 23.4 Å². The maximum absolute atomic E-state index is 13.4. The molecule has 0 spiro atoms. The SMILES string of the molecule is CN1Cc2ccc(COc3nc(F)c(F)cc3F)cc2N1. The van der Waals surface area contributed by atoms with Gasteiger partial charge in [-0.15, -0.1) is 0 Å². The molecule has 0 amide bonds. The van der Waals surface area contributed by atoms with Gasteiger partial charge in [-0.05, 0) is 17.2 Å². The Balaban J connectivity index is 1.74. The van der Waals surface area contributed by atoms with E-state index in [1.54, 1.807) is 0 Å². The summed E-state index contributed by atoms with van der Waals surface area (Å²) in [5.74, 6) is -4.32. The Morgan fingerprint density at radius 2 is 2.05 bits per heavy atom. The molecule has 0 atom stereocenters. The summed E-state index contributed by atoms with van der Waals surface area (Å²) >= 11 is 0. The topological polar surface area (TPSA) is 37.4 Å². The Kier molecular flexibility index (Phi) is 3.42. The molecule has 0 bridgehead atoms. The zero-order valence-electron chi connectivity index (χ0n) is 11.2. The summed E-state index contributed by atoms with van der Waals surface area (Å²) in [7, 11) is 1.91. The molecule has 1 aliphatic rings. The number of halogens is 3. The molecule has 110 valence electrons. The molecule has 2 heterocycles. The van der Waals surface area contributed by atoms with Gasteiger partial charge in [0.15, 0.2) is 11.6 Å². The Labute approximate surface area is 119 Å². The van der Waals surface area contributed by atoms with Crippen LogP contribution >= 0.6 is 0 Å². The summed E-state index contributed by atoms with van der Waals surface area (Å²) in [5, 5.41) is 1.92. The summed E-state index contributed by atoms with van der Waals surface area (Å²) in [5.41, 5.74) is 5.99. The van der Waals surface area contributed by atoms with E-state index in [1.807, 2.05) is 30.3 Å². The van der Waals surface area contributed by atoms with E-state index < -0.39 is 23.5 Å². The number of anilines is 1. The van der Waals surface area contributed by atoms with Crippen LogP contribution in [-0.4, -0.2) is 17.0 Å². The first-order valence-corrected chi connectivity index (χ1v) is 6.27. The lowest BCUT2D eigenvalue weighted by molar-refractivity contribution is 0.268. The first-order chi connectivity index (χ1) is 10.0. The quantitative estimate of drug-likeness (QED) is 0.884. The van der Waals surface area contributed by atoms with Crippen LogP contribution in [0.2, 0.25) is 0 Å². The summed E-state index contributed by atoms with van der Waals surface area (Å²) < 4.78 is 44.2. The zero-order chi connectivity index (χ0) is 15.0. The predicted octanol–water partition coefficient (Wildman–Crippen LogP) is 2.85. The van der Waals surface area contributed by atoms with Crippen molar-refractivity contribution in [2.24, 2.45) is 0 Å². The van der Waals surface area contributed by atoms with Crippen LogP contribution in [0.1, 0.15) is 11.1 Å². The molecule has 7 heteroatoms. The number of hydrogen-bond donors (Lipinski definition) is 1. The van der Waals surface area contributed by atoms with Gasteiger partial charge in [-0.2, -0.15) is 9.37 Å². The van der Waals surface area contributed by atoms with Gasteiger partial charge in [0, 0.05) is 19.7 Å². The second kappa shape index (κ2) is 5.25. The first kappa shape index (κ1) is 13.7. The van der Waals surface area contributed by atoms with Gasteiger partial charge in [-0.1, -0.05) is 12.1 Å². The van der Waals surface area contributed by atoms with Crippen LogP contribution < -0.4 is 10.2 Å². The highest BCUT2D eigenvalue weighted by molar-refractivity contribution is 5.55. The fourth-order valence-corrected chi connectivity index (χ4v) is 2.14. The average molecular weight is 295 g/mol. The number of hydrazine groups is 1. The molecule has 4 nitrogen and oxygen atoms in total. The van der Waals surface area contributed by atoms with Crippen LogP contribution in [0.4, 0.5) is 18.9 Å². The second-order valence-electron chi connectivity index (χ2n) is 4.80. The molecule has 3 rings (SSSR count). The van der Waals surface area contributed by atoms with Crippen molar-refractivity contribution in [3.05, 3.63) is 53.0 Å². The largest absolute Gasteiger partial charge is 0.471 e. The Morgan fingerprint density at radius 3 is 2.86 bits per heavy atom. The number of benzene rings is 1. The second-order valence-corrected chi connectivity index (χ2v) is 4.80. The van der Waals surface area contributed by atoms with Crippen molar-refractivity contribution in [1.82, 2.24) is 9.99 Å². The van der Waals surface area contributed by atoms with Crippen molar-refractivity contribution in [1.29, 1.82) is 0 Å². The molecule has 0 saturated heterocycles. The monoisotopic (exact) mass is 295 g/mol. The van der Waals surface area contributed by atoms with Gasteiger partial charge in [0.1, 0.15) is 6.61 Å². The van der Waals surface area contributed by atoms with Crippen LogP contribution in [-0.2, 0) is 13.2 Å². The van der Waals surface area contributed by atoms with Crippen LogP contribution in [0, 0.1) is 17.6 Å². The van der Waals surface area contributed by atoms with Crippen molar-refractivity contribution >= 4 is 5.69 Å². The van der Waals surface area contributed by atoms with E-state index in [0.29, 0.717) is 6.07 Å². The summed E-state index contributed by atoms with van der Waals surface area (Å²) in [6, 6.07) is 6.03. The standard InChI is InChI=1S/C14H12F3N3O/c1-20-6-9-3-2-8(4-12(9)19-20)7-21-14-11(16)5-10(15)13(17)18-14/h2-5,19H,6-7H2,1H3. The van der Waals surface area contributed by atoms with E-state index in [2.05, 4.69) is 10.4 Å². The normalized spacial score (nSPS) is 13.9. The first-order valence-electron chi connectivity index (χ1n) is 6.27. The fourth-order valence-electron chi connectivity index (χ4n) is 2.14. The van der Waals surface area contributed by atoms with E-state index in [9.17, 15) is 13.2 Å². The summed E-state index contributed by atoms with van der Waals surface area (Å²) in [6.45, 7) is 0.795. The molecule has 1 N–H and O–H groups in total. The highest BCUT2D eigenvalue weighted by Gasteiger charge is 2.16. The molecule has 0 aliphatic carbocycles. The Morgan fingerprint density at radius 1 is 1.24 bits per heavy atom. The third-order valence-electron chi connectivity index (χ3n) is 3.12. The minimum Gasteiger partial charge on any atom is -0.471 e. The molecule has 1 aliphatic heterocycles. The maximum atomic E-state index is 13.4. The van der Waals surface area contributed by atoms with Crippen molar-refractivity contribution < 1.29 is 17.9 Å². The molecule has 1 aromatic heterocycles. The van der Waals surface area contributed by atoms with Gasteiger partial charge >= 0.3 is 0 Å². The predicted molar refractivity (Wildman–Crippen MR) is 70.0 cm³/mol. The van der Waals surface area contributed by atoms with Crippen LogP contribution in [0.3, 0.4) is 0 Å². The molecule has 0 radical (unpaired) electrons. The third-order valence-corrected chi connectivity index (χ3v) is 3.12. The molecule has 0 saturated carbocycles. The van der Waals surface area contributed by atoms with E-state index in [-0.39, 0.29) is 6.61 Å². The number of pyridine rings is 1. The number of fused-ring (bicyclic) bond motifs is 1. The lowest BCUT2D eigenvalue weighted by atomic mass is 10.1. The van der Waals surface area contributed by atoms with Crippen molar-refractivity contribution in [2.45, 2.75) is 13.2 Å². The number of hydrogen-bond acceptors (Lipinski definition) is 4. The van der Waals surface area contributed by atoms with Crippen molar-refractivity contribution in [2.75, 3.05) is 12.5 Å². The number of aromatic nitrogens is 1. The highest BCUT2D eigenvalue weighted by Crippen LogP contribution is 2.26. The molecule has 0 fully saturated rings.